The fraction of sp³-hybridized carbons (Fsp3) is 0.381. The van der Waals surface area contributed by atoms with Crippen LogP contribution in [-0.2, 0) is 14.8 Å². The number of carbonyl (C=O) groups is 1. The molecule has 0 heterocycles. The number of carbonyl (C=O) groups excluding carboxylic acids is 1. The van der Waals surface area contributed by atoms with Crippen molar-refractivity contribution in [3.63, 3.8) is 0 Å². The minimum Gasteiger partial charge on any atom is -0.495 e. The standard InChI is InChI=1S/C21H25F3N2O5S/c1-14-9-10-16(32(28,29)26(3)18-7-5-6-8-19(18)30-4)11-17(14)20(27)25-15(2)12-31-13-21(22,23)24/h5-11,15H,12-13H2,1-4H3,(H,25,27). The van der Waals surface area contributed by atoms with Crippen molar-refractivity contribution in [2.75, 3.05) is 31.7 Å². The van der Waals surface area contributed by atoms with Gasteiger partial charge >= 0.3 is 6.18 Å². The van der Waals surface area contributed by atoms with E-state index in [9.17, 15) is 26.4 Å². The first-order valence-electron chi connectivity index (χ1n) is 9.54. The Bertz CT molecular complexity index is 1060. The smallest absolute Gasteiger partial charge is 0.411 e. The number of hydrogen-bond acceptors (Lipinski definition) is 5. The van der Waals surface area contributed by atoms with Crippen LogP contribution in [0.5, 0.6) is 5.75 Å². The van der Waals surface area contributed by atoms with Crippen molar-refractivity contribution in [2.24, 2.45) is 0 Å². The predicted octanol–water partition coefficient (Wildman–Crippen LogP) is 3.53. The second kappa shape index (κ2) is 10.2. The van der Waals surface area contributed by atoms with Crippen LogP contribution in [0, 0.1) is 6.92 Å². The highest BCUT2D eigenvalue weighted by atomic mass is 32.2. The number of alkyl halides is 3. The number of benzene rings is 2. The van der Waals surface area contributed by atoms with Gasteiger partial charge in [0.25, 0.3) is 15.9 Å². The second-order valence-corrected chi connectivity index (χ2v) is 9.10. The Morgan fingerprint density at radius 3 is 2.47 bits per heavy atom. The Kier molecular flexibility index (Phi) is 8.13. The van der Waals surface area contributed by atoms with Gasteiger partial charge in [0.1, 0.15) is 12.4 Å². The molecule has 0 aliphatic carbocycles. The molecule has 2 aromatic carbocycles. The molecule has 0 radical (unpaired) electrons. The molecule has 0 spiro atoms. The van der Waals surface area contributed by atoms with Crippen LogP contribution in [0.2, 0.25) is 0 Å². The molecule has 0 aromatic heterocycles. The lowest BCUT2D eigenvalue weighted by molar-refractivity contribution is -0.174. The molecule has 0 fully saturated rings. The molecule has 0 saturated carbocycles. The van der Waals surface area contributed by atoms with E-state index in [1.165, 1.54) is 39.3 Å². The van der Waals surface area contributed by atoms with E-state index < -0.39 is 34.8 Å². The third-order valence-corrected chi connectivity index (χ3v) is 6.31. The van der Waals surface area contributed by atoms with Gasteiger partial charge in [0, 0.05) is 18.7 Å². The van der Waals surface area contributed by atoms with Crippen molar-refractivity contribution in [3.8, 4) is 5.75 Å². The SMILES string of the molecule is COc1ccccc1N(C)S(=O)(=O)c1ccc(C)c(C(=O)NC(C)COCC(F)(F)F)c1. The summed E-state index contributed by atoms with van der Waals surface area (Å²) in [5.74, 6) is -0.265. The van der Waals surface area contributed by atoms with Crippen LogP contribution in [0.25, 0.3) is 0 Å². The third-order valence-electron chi connectivity index (χ3n) is 4.55. The van der Waals surface area contributed by atoms with Crippen LogP contribution in [0.3, 0.4) is 0 Å². The number of halogens is 3. The Labute approximate surface area is 185 Å². The molecule has 176 valence electrons. The minimum atomic E-state index is -4.46. The number of methoxy groups -OCH3 is 1. The van der Waals surface area contributed by atoms with Crippen LogP contribution in [-0.4, -0.2) is 53.9 Å². The molecule has 0 aliphatic heterocycles. The van der Waals surface area contributed by atoms with E-state index in [0.717, 1.165) is 4.31 Å². The first-order valence-corrected chi connectivity index (χ1v) is 11.0. The summed E-state index contributed by atoms with van der Waals surface area (Å²) in [5.41, 5.74) is 0.906. The monoisotopic (exact) mass is 474 g/mol. The van der Waals surface area contributed by atoms with Crippen LogP contribution < -0.4 is 14.4 Å². The summed E-state index contributed by atoms with van der Waals surface area (Å²) in [7, 11) is -1.24. The summed E-state index contributed by atoms with van der Waals surface area (Å²) in [4.78, 5) is 12.5. The average molecular weight is 475 g/mol. The quantitative estimate of drug-likeness (QED) is 0.601. The van der Waals surface area contributed by atoms with Gasteiger partial charge in [0.05, 0.1) is 24.3 Å². The second-order valence-electron chi connectivity index (χ2n) is 7.13. The number of anilines is 1. The van der Waals surface area contributed by atoms with Gasteiger partial charge in [-0.3, -0.25) is 9.10 Å². The molecule has 7 nitrogen and oxygen atoms in total. The van der Waals surface area contributed by atoms with Gasteiger partial charge in [-0.15, -0.1) is 0 Å². The molecule has 2 rings (SSSR count). The number of sulfonamides is 1. The molecule has 1 unspecified atom stereocenters. The van der Waals surface area contributed by atoms with E-state index in [1.807, 2.05) is 0 Å². The number of aryl methyl sites for hydroxylation is 1. The maximum Gasteiger partial charge on any atom is 0.411 e. The zero-order valence-electron chi connectivity index (χ0n) is 18.1. The van der Waals surface area contributed by atoms with Gasteiger partial charge in [0.2, 0.25) is 0 Å². The molecule has 11 heteroatoms. The van der Waals surface area contributed by atoms with Gasteiger partial charge < -0.3 is 14.8 Å². The highest BCUT2D eigenvalue weighted by Gasteiger charge is 2.28. The molecule has 32 heavy (non-hydrogen) atoms. The maximum atomic E-state index is 13.2. The maximum absolute atomic E-state index is 13.2. The highest BCUT2D eigenvalue weighted by Crippen LogP contribution is 2.31. The van der Waals surface area contributed by atoms with Crippen molar-refractivity contribution in [2.45, 2.75) is 31.0 Å². The molecular formula is C21H25F3N2O5S. The van der Waals surface area contributed by atoms with Crippen molar-refractivity contribution in [1.82, 2.24) is 5.32 Å². The summed E-state index contributed by atoms with van der Waals surface area (Å²) in [6.07, 6.45) is -4.46. The zero-order chi connectivity index (χ0) is 24.1. The molecule has 2 aromatic rings. The summed E-state index contributed by atoms with van der Waals surface area (Å²) in [5, 5.41) is 2.52. The number of rotatable bonds is 9. The summed E-state index contributed by atoms with van der Waals surface area (Å²) in [6.45, 7) is 1.34. The molecule has 1 amide bonds. The average Bonchev–Trinajstić information content (AvgIpc) is 2.72. The van der Waals surface area contributed by atoms with Crippen molar-refractivity contribution >= 4 is 21.6 Å². The molecule has 0 bridgehead atoms. The zero-order valence-corrected chi connectivity index (χ0v) is 18.9. The Balaban J connectivity index is 2.23. The van der Waals surface area contributed by atoms with E-state index >= 15 is 0 Å². The van der Waals surface area contributed by atoms with Crippen LogP contribution in [0.4, 0.5) is 18.9 Å². The van der Waals surface area contributed by atoms with E-state index in [-0.39, 0.29) is 17.1 Å². The Morgan fingerprint density at radius 2 is 1.84 bits per heavy atom. The third kappa shape index (κ3) is 6.36. The first-order chi connectivity index (χ1) is 14.9. The van der Waals surface area contributed by atoms with E-state index in [1.54, 1.807) is 31.2 Å². The number of ether oxygens (including phenoxy) is 2. The lowest BCUT2D eigenvalue weighted by atomic mass is 10.1. The van der Waals surface area contributed by atoms with Crippen LogP contribution >= 0.6 is 0 Å². The predicted molar refractivity (Wildman–Crippen MR) is 114 cm³/mol. The number of para-hydroxylation sites is 2. The van der Waals surface area contributed by atoms with Crippen molar-refractivity contribution in [3.05, 3.63) is 53.6 Å². The molecule has 1 atom stereocenters. The lowest BCUT2D eigenvalue weighted by Crippen LogP contribution is -2.37. The lowest BCUT2D eigenvalue weighted by Gasteiger charge is -2.22. The molecular weight excluding hydrogens is 449 g/mol. The van der Waals surface area contributed by atoms with E-state index in [0.29, 0.717) is 17.0 Å². The fourth-order valence-electron chi connectivity index (χ4n) is 2.88. The van der Waals surface area contributed by atoms with E-state index in [4.69, 9.17) is 4.74 Å². The minimum absolute atomic E-state index is 0.0853. The molecule has 1 N–H and O–H groups in total. The van der Waals surface area contributed by atoms with Crippen LogP contribution in [0.15, 0.2) is 47.4 Å². The highest BCUT2D eigenvalue weighted by molar-refractivity contribution is 7.92. The van der Waals surface area contributed by atoms with Gasteiger partial charge in [-0.2, -0.15) is 13.2 Å². The fourth-order valence-corrected chi connectivity index (χ4v) is 4.11. The molecule has 0 aliphatic rings. The largest absolute Gasteiger partial charge is 0.495 e. The van der Waals surface area contributed by atoms with Gasteiger partial charge in [-0.25, -0.2) is 8.42 Å². The Hall–Kier alpha value is -2.79. The van der Waals surface area contributed by atoms with Crippen molar-refractivity contribution < 1.29 is 35.9 Å². The Morgan fingerprint density at radius 1 is 1.19 bits per heavy atom. The summed E-state index contributed by atoms with van der Waals surface area (Å²) < 4.78 is 73.7. The normalized spacial score (nSPS) is 12.8. The number of hydrogen-bond donors (Lipinski definition) is 1. The first kappa shape index (κ1) is 25.5. The van der Waals surface area contributed by atoms with Crippen molar-refractivity contribution in [1.29, 1.82) is 0 Å². The number of amides is 1. The van der Waals surface area contributed by atoms with Gasteiger partial charge in [-0.1, -0.05) is 18.2 Å². The number of nitrogens with zero attached hydrogens (tertiary/aromatic N) is 1. The summed E-state index contributed by atoms with van der Waals surface area (Å²) in [6, 6.07) is 9.96. The van der Waals surface area contributed by atoms with E-state index in [2.05, 4.69) is 10.1 Å². The molecule has 0 saturated heterocycles. The summed E-state index contributed by atoms with van der Waals surface area (Å²) >= 11 is 0. The van der Waals surface area contributed by atoms with Gasteiger partial charge in [-0.05, 0) is 43.7 Å². The number of nitrogens with one attached hydrogen (secondary N) is 1. The van der Waals surface area contributed by atoms with Crippen LogP contribution in [0.1, 0.15) is 22.8 Å². The topological polar surface area (TPSA) is 84.9 Å². The van der Waals surface area contributed by atoms with Gasteiger partial charge in [0.15, 0.2) is 0 Å².